The molecule has 12 heteroatoms. The Kier molecular flexibility index (Phi) is 8.69. The van der Waals surface area contributed by atoms with Gasteiger partial charge in [-0.1, -0.05) is 48.6 Å². The van der Waals surface area contributed by atoms with Crippen molar-refractivity contribution in [1.29, 1.82) is 0 Å². The van der Waals surface area contributed by atoms with Gasteiger partial charge in [-0.3, -0.25) is 40.2 Å². The second kappa shape index (κ2) is 11.7. The van der Waals surface area contributed by atoms with Gasteiger partial charge in [0.15, 0.2) is 0 Å². The molecule has 3 amide bonds. The lowest BCUT2D eigenvalue weighted by atomic mass is 10.1. The predicted octanol–water partition coefficient (Wildman–Crippen LogP) is 3.88. The molecule has 172 valence electrons. The van der Waals surface area contributed by atoms with Crippen molar-refractivity contribution in [3.05, 3.63) is 67.2 Å². The van der Waals surface area contributed by atoms with E-state index in [2.05, 4.69) is 10.9 Å². The molecular formula is C21H20N4O5S3. The molecule has 0 unspecified atom stereocenters. The maximum atomic E-state index is 12.6. The van der Waals surface area contributed by atoms with E-state index >= 15 is 0 Å². The molecule has 2 heterocycles. The van der Waals surface area contributed by atoms with Gasteiger partial charge in [0.1, 0.15) is 9.88 Å². The maximum Gasteiger partial charge on any atom is 0.282 e. The maximum absolute atomic E-state index is 12.6. The van der Waals surface area contributed by atoms with Crippen molar-refractivity contribution in [3.63, 3.8) is 0 Å². The number of nitro groups is 1. The number of nitrogens with zero attached hydrogens (tertiary/aromatic N) is 2. The van der Waals surface area contributed by atoms with Crippen LogP contribution in [0.1, 0.15) is 40.9 Å². The predicted molar refractivity (Wildman–Crippen MR) is 131 cm³/mol. The van der Waals surface area contributed by atoms with Crippen LogP contribution in [-0.4, -0.2) is 38.4 Å². The Hall–Kier alpha value is -3.09. The van der Waals surface area contributed by atoms with E-state index in [4.69, 9.17) is 12.2 Å². The first-order chi connectivity index (χ1) is 15.9. The average Bonchev–Trinajstić information content (AvgIpc) is 3.40. The molecule has 0 spiro atoms. The van der Waals surface area contributed by atoms with Gasteiger partial charge in [0, 0.05) is 23.9 Å². The van der Waals surface area contributed by atoms with Crippen LogP contribution in [0.3, 0.4) is 0 Å². The first-order valence-corrected chi connectivity index (χ1v) is 12.1. The van der Waals surface area contributed by atoms with Gasteiger partial charge in [-0.25, -0.2) is 0 Å². The molecule has 1 aliphatic heterocycles. The van der Waals surface area contributed by atoms with Crippen LogP contribution < -0.4 is 10.9 Å². The Labute approximate surface area is 203 Å². The number of amides is 3. The summed E-state index contributed by atoms with van der Waals surface area (Å²) in [6, 6.07) is 9.33. The normalized spacial score (nSPS) is 14.5. The SMILES string of the molecule is O=C(CCCCCN1C(=O)C(=Cc2cccs2)SC1=S)NNC(=O)c1ccccc1[N+](=O)[O-]. The van der Waals surface area contributed by atoms with Crippen LogP contribution in [0.15, 0.2) is 46.7 Å². The number of hydrogen-bond acceptors (Lipinski definition) is 8. The number of rotatable bonds is 9. The fraction of sp³-hybridized carbons (Fsp3) is 0.238. The second-order valence-electron chi connectivity index (χ2n) is 6.94. The summed E-state index contributed by atoms with van der Waals surface area (Å²) in [4.78, 5) is 50.1. The van der Waals surface area contributed by atoms with Gasteiger partial charge in [-0.15, -0.1) is 11.3 Å². The Balaban J connectivity index is 1.36. The fourth-order valence-corrected chi connectivity index (χ4v) is 5.04. The number of nitrogens with one attached hydrogen (secondary N) is 2. The molecule has 2 aromatic rings. The summed E-state index contributed by atoms with van der Waals surface area (Å²) in [5.74, 6) is -1.28. The number of thioether (sulfide) groups is 1. The van der Waals surface area contributed by atoms with E-state index < -0.39 is 16.7 Å². The van der Waals surface area contributed by atoms with Crippen molar-refractivity contribution in [2.24, 2.45) is 0 Å². The van der Waals surface area contributed by atoms with Gasteiger partial charge < -0.3 is 0 Å². The second-order valence-corrected chi connectivity index (χ2v) is 9.59. The molecule has 0 radical (unpaired) electrons. The van der Waals surface area contributed by atoms with Crippen molar-refractivity contribution < 1.29 is 19.3 Å². The third-order valence-electron chi connectivity index (χ3n) is 4.64. The van der Waals surface area contributed by atoms with Gasteiger partial charge in [0.25, 0.3) is 17.5 Å². The number of nitro benzene ring substituents is 1. The van der Waals surface area contributed by atoms with E-state index in [1.54, 1.807) is 16.2 Å². The molecule has 9 nitrogen and oxygen atoms in total. The standard InChI is InChI=1S/C21H20N4O5S3/c26-18(22-23-19(27)15-8-3-4-9-16(15)25(29)30)10-2-1-5-11-24-20(28)17(33-21(24)31)13-14-7-6-12-32-14/h3-4,6-9,12-13H,1-2,5,10-11H2,(H,22,26)(H,23,27). The lowest BCUT2D eigenvalue weighted by Gasteiger charge is -2.14. The molecule has 33 heavy (non-hydrogen) atoms. The molecule has 1 fully saturated rings. The number of thiophene rings is 1. The van der Waals surface area contributed by atoms with E-state index in [0.717, 1.165) is 4.88 Å². The summed E-state index contributed by atoms with van der Waals surface area (Å²) in [6.45, 7) is 0.475. The highest BCUT2D eigenvalue weighted by Gasteiger charge is 2.31. The molecule has 0 saturated carbocycles. The van der Waals surface area contributed by atoms with E-state index in [1.807, 2.05) is 23.6 Å². The molecule has 1 saturated heterocycles. The van der Waals surface area contributed by atoms with Crippen molar-refractivity contribution in [3.8, 4) is 0 Å². The van der Waals surface area contributed by atoms with Crippen LogP contribution in [0.25, 0.3) is 6.08 Å². The smallest absolute Gasteiger partial charge is 0.282 e. The minimum Gasteiger partial charge on any atom is -0.293 e. The Bertz CT molecular complexity index is 1100. The number of benzene rings is 1. The topological polar surface area (TPSA) is 122 Å². The van der Waals surface area contributed by atoms with E-state index in [9.17, 15) is 24.5 Å². The van der Waals surface area contributed by atoms with Gasteiger partial charge in [-0.2, -0.15) is 0 Å². The monoisotopic (exact) mass is 504 g/mol. The van der Waals surface area contributed by atoms with Crippen LogP contribution in [0.4, 0.5) is 5.69 Å². The Morgan fingerprint density at radius 1 is 1.12 bits per heavy atom. The molecule has 0 aliphatic carbocycles. The highest BCUT2D eigenvalue weighted by molar-refractivity contribution is 8.26. The minimum atomic E-state index is -0.763. The van der Waals surface area contributed by atoms with Gasteiger partial charge >= 0.3 is 0 Å². The first-order valence-electron chi connectivity index (χ1n) is 9.98. The average molecular weight is 505 g/mol. The number of thiocarbonyl (C=S) groups is 1. The van der Waals surface area contributed by atoms with Crippen LogP contribution in [-0.2, 0) is 9.59 Å². The van der Waals surface area contributed by atoms with Gasteiger partial charge in [-0.05, 0) is 36.4 Å². The quantitative estimate of drug-likeness (QED) is 0.175. The molecule has 0 atom stereocenters. The molecular weight excluding hydrogens is 484 g/mol. The number of para-hydroxylation sites is 1. The number of unbranched alkanes of at least 4 members (excludes halogenated alkanes) is 2. The molecule has 0 bridgehead atoms. The van der Waals surface area contributed by atoms with Crippen molar-refractivity contribution in [1.82, 2.24) is 15.8 Å². The van der Waals surface area contributed by atoms with E-state index in [-0.39, 0.29) is 23.6 Å². The summed E-state index contributed by atoms with van der Waals surface area (Å²) in [6.07, 6.45) is 3.91. The van der Waals surface area contributed by atoms with Crippen molar-refractivity contribution >= 4 is 69.1 Å². The summed E-state index contributed by atoms with van der Waals surface area (Å²) >= 11 is 8.16. The van der Waals surface area contributed by atoms with Crippen molar-refractivity contribution in [2.45, 2.75) is 25.7 Å². The third-order valence-corrected chi connectivity index (χ3v) is 6.83. The van der Waals surface area contributed by atoms with Gasteiger partial charge in [0.2, 0.25) is 5.91 Å². The highest BCUT2D eigenvalue weighted by atomic mass is 32.2. The summed E-state index contributed by atoms with van der Waals surface area (Å²) in [5.41, 5.74) is 3.97. The van der Waals surface area contributed by atoms with Crippen LogP contribution in [0.5, 0.6) is 0 Å². The molecule has 1 aromatic carbocycles. The number of hydrogen-bond donors (Lipinski definition) is 2. The van der Waals surface area contributed by atoms with E-state index in [1.165, 1.54) is 36.0 Å². The van der Waals surface area contributed by atoms with Crippen molar-refractivity contribution in [2.75, 3.05) is 6.54 Å². The van der Waals surface area contributed by atoms with Crippen LogP contribution in [0.2, 0.25) is 0 Å². The summed E-state index contributed by atoms with van der Waals surface area (Å²) in [5, 5.41) is 12.9. The van der Waals surface area contributed by atoms with Crippen LogP contribution >= 0.6 is 35.3 Å². The lowest BCUT2D eigenvalue weighted by Crippen LogP contribution is -2.41. The zero-order valence-corrected chi connectivity index (χ0v) is 19.8. The highest BCUT2D eigenvalue weighted by Crippen LogP contribution is 2.33. The lowest BCUT2D eigenvalue weighted by molar-refractivity contribution is -0.385. The third kappa shape index (κ3) is 6.70. The summed E-state index contributed by atoms with van der Waals surface area (Å²) in [7, 11) is 0. The molecule has 1 aliphatic rings. The zero-order chi connectivity index (χ0) is 23.8. The van der Waals surface area contributed by atoms with Gasteiger partial charge in [0.05, 0.1) is 9.83 Å². The fourth-order valence-electron chi connectivity index (χ4n) is 3.01. The number of hydrazine groups is 1. The molecule has 2 N–H and O–H groups in total. The number of carbonyl (C=O) groups is 3. The Morgan fingerprint density at radius 2 is 1.91 bits per heavy atom. The van der Waals surface area contributed by atoms with E-state index in [0.29, 0.717) is 35.0 Å². The molecule has 3 rings (SSSR count). The Morgan fingerprint density at radius 3 is 2.64 bits per heavy atom. The van der Waals surface area contributed by atoms with Crippen LogP contribution in [0, 0.1) is 10.1 Å². The molecule has 1 aromatic heterocycles. The summed E-state index contributed by atoms with van der Waals surface area (Å²) < 4.78 is 0.526. The zero-order valence-electron chi connectivity index (χ0n) is 17.3. The minimum absolute atomic E-state index is 0.103. The first kappa shape index (κ1) is 24.6. The largest absolute Gasteiger partial charge is 0.293 e. The number of carbonyl (C=O) groups excluding carboxylic acids is 3.